The topological polar surface area (TPSA) is 228 Å². The molecule has 0 aromatic carbocycles. The highest BCUT2D eigenvalue weighted by molar-refractivity contribution is 5.94. The number of rotatable bonds is 14. The first kappa shape index (κ1) is 28.8. The molecule has 5 atom stereocenters. The molecule has 13 heteroatoms. The molecular formula is C21H36N6O7. The van der Waals surface area contributed by atoms with Crippen LogP contribution in [0.2, 0.25) is 0 Å². The molecule has 1 fully saturated rings. The molecule has 0 radical (unpaired) electrons. The molecule has 0 aromatic heterocycles. The Morgan fingerprint density at radius 3 is 2.00 bits per heavy atom. The van der Waals surface area contributed by atoms with Gasteiger partial charge < -0.3 is 37.8 Å². The van der Waals surface area contributed by atoms with Crippen molar-refractivity contribution in [2.45, 2.75) is 83.0 Å². The van der Waals surface area contributed by atoms with Gasteiger partial charge in [0.25, 0.3) is 0 Å². The van der Waals surface area contributed by atoms with E-state index in [1.54, 1.807) is 6.92 Å². The summed E-state index contributed by atoms with van der Waals surface area (Å²) in [6.07, 6.45) is 0.608. The Hall–Kier alpha value is -3.22. The summed E-state index contributed by atoms with van der Waals surface area (Å²) in [6, 6.07) is -4.43. The third-order valence-electron chi connectivity index (χ3n) is 5.99. The van der Waals surface area contributed by atoms with Crippen LogP contribution in [-0.2, 0) is 28.8 Å². The van der Waals surface area contributed by atoms with Crippen LogP contribution < -0.4 is 27.8 Å². The van der Waals surface area contributed by atoms with Gasteiger partial charge in [0.1, 0.15) is 18.1 Å². The Bertz CT molecular complexity index is 790. The second-order valence-corrected chi connectivity index (χ2v) is 8.57. The van der Waals surface area contributed by atoms with E-state index in [0.717, 1.165) is 4.90 Å². The maximum atomic E-state index is 13.1. The number of hydrogen-bond donors (Lipinski definition) is 6. The van der Waals surface area contributed by atoms with Crippen LogP contribution in [0.1, 0.15) is 58.8 Å². The largest absolute Gasteiger partial charge is 0.480 e. The zero-order chi connectivity index (χ0) is 26.0. The molecule has 0 spiro atoms. The summed E-state index contributed by atoms with van der Waals surface area (Å²) in [5.74, 6) is -4.81. The molecule has 5 amide bonds. The van der Waals surface area contributed by atoms with Crippen molar-refractivity contribution in [2.75, 3.05) is 6.54 Å². The maximum absolute atomic E-state index is 13.1. The lowest BCUT2D eigenvalue weighted by atomic mass is 9.98. The lowest BCUT2D eigenvalue weighted by molar-refractivity contribution is -0.149. The first-order valence-electron chi connectivity index (χ1n) is 11.3. The average Bonchev–Trinajstić information content (AvgIpc) is 3.27. The van der Waals surface area contributed by atoms with Gasteiger partial charge in [-0.3, -0.25) is 24.0 Å². The molecule has 1 rings (SSSR count). The number of carbonyl (C=O) groups is 6. The summed E-state index contributed by atoms with van der Waals surface area (Å²) < 4.78 is 0. The zero-order valence-electron chi connectivity index (χ0n) is 19.6. The van der Waals surface area contributed by atoms with E-state index in [4.69, 9.17) is 17.2 Å². The van der Waals surface area contributed by atoms with Crippen molar-refractivity contribution in [2.24, 2.45) is 23.1 Å². The summed E-state index contributed by atoms with van der Waals surface area (Å²) in [5, 5.41) is 14.4. The molecule has 0 saturated carbocycles. The van der Waals surface area contributed by atoms with Crippen LogP contribution >= 0.6 is 0 Å². The van der Waals surface area contributed by atoms with E-state index >= 15 is 0 Å². The fourth-order valence-corrected chi connectivity index (χ4v) is 3.64. The molecule has 0 bridgehead atoms. The zero-order valence-corrected chi connectivity index (χ0v) is 19.6. The number of nitrogens with two attached hydrogens (primary N) is 3. The molecule has 1 saturated heterocycles. The average molecular weight is 485 g/mol. The second kappa shape index (κ2) is 13.5. The number of nitrogens with one attached hydrogen (secondary N) is 2. The summed E-state index contributed by atoms with van der Waals surface area (Å²) >= 11 is 0. The van der Waals surface area contributed by atoms with Gasteiger partial charge in [-0.1, -0.05) is 20.3 Å². The Balaban J connectivity index is 3.06. The van der Waals surface area contributed by atoms with Crippen LogP contribution in [0.25, 0.3) is 0 Å². The maximum Gasteiger partial charge on any atom is 0.326 e. The van der Waals surface area contributed by atoms with E-state index in [-0.39, 0.29) is 44.6 Å². The van der Waals surface area contributed by atoms with Crippen LogP contribution in [-0.4, -0.2) is 76.2 Å². The van der Waals surface area contributed by atoms with E-state index < -0.39 is 59.7 Å². The highest BCUT2D eigenvalue weighted by Crippen LogP contribution is 2.20. The standard InChI is InChI=1S/C21H36N6O7/c1-3-11(2)17(24)19(31)25-12(6-8-15(22)28)18(30)26-13(7-9-16(23)29)20(32)27-10-4-5-14(27)21(33)34/h11-14,17H,3-10,24H2,1-2H3,(H2,22,28)(H2,23,29)(H,25,31)(H,26,30)(H,33,34). The molecule has 0 aliphatic carbocycles. The van der Waals surface area contributed by atoms with Crippen LogP contribution in [0, 0.1) is 5.92 Å². The van der Waals surface area contributed by atoms with E-state index in [0.29, 0.717) is 12.8 Å². The van der Waals surface area contributed by atoms with Crippen molar-refractivity contribution >= 4 is 35.5 Å². The van der Waals surface area contributed by atoms with E-state index in [1.807, 2.05) is 6.92 Å². The summed E-state index contributed by atoms with van der Waals surface area (Å²) in [4.78, 5) is 73.8. The third kappa shape index (κ3) is 8.61. The first-order chi connectivity index (χ1) is 15.9. The Morgan fingerprint density at radius 1 is 0.971 bits per heavy atom. The number of amides is 5. The van der Waals surface area contributed by atoms with Gasteiger partial charge in [0, 0.05) is 19.4 Å². The van der Waals surface area contributed by atoms with E-state index in [9.17, 15) is 33.9 Å². The number of carboxylic acids is 1. The Labute approximate surface area is 198 Å². The predicted molar refractivity (Wildman–Crippen MR) is 121 cm³/mol. The molecule has 0 aromatic rings. The van der Waals surface area contributed by atoms with Crippen LogP contribution in [0.5, 0.6) is 0 Å². The third-order valence-corrected chi connectivity index (χ3v) is 5.99. The van der Waals surface area contributed by atoms with Gasteiger partial charge in [-0.15, -0.1) is 0 Å². The molecular weight excluding hydrogens is 448 g/mol. The molecule has 9 N–H and O–H groups in total. The predicted octanol–water partition coefficient (Wildman–Crippen LogP) is -2.06. The number of primary amides is 2. The quantitative estimate of drug-likeness (QED) is 0.160. The van der Waals surface area contributed by atoms with Crippen LogP contribution in [0.15, 0.2) is 0 Å². The number of carboxylic acid groups (broad SMARTS) is 1. The highest BCUT2D eigenvalue weighted by atomic mass is 16.4. The normalized spacial score (nSPS) is 18.9. The smallest absolute Gasteiger partial charge is 0.326 e. The summed E-state index contributed by atoms with van der Waals surface area (Å²) in [5.41, 5.74) is 16.3. The summed E-state index contributed by atoms with van der Waals surface area (Å²) in [7, 11) is 0. The monoisotopic (exact) mass is 484 g/mol. The van der Waals surface area contributed by atoms with Crippen molar-refractivity contribution in [1.82, 2.24) is 15.5 Å². The van der Waals surface area contributed by atoms with Gasteiger partial charge in [0.05, 0.1) is 6.04 Å². The minimum atomic E-state index is -1.25. The lowest BCUT2D eigenvalue weighted by Gasteiger charge is -2.29. The highest BCUT2D eigenvalue weighted by Gasteiger charge is 2.38. The van der Waals surface area contributed by atoms with Crippen molar-refractivity contribution in [3.8, 4) is 0 Å². The fraction of sp³-hybridized carbons (Fsp3) is 0.714. The number of carbonyl (C=O) groups excluding carboxylic acids is 5. The van der Waals surface area contributed by atoms with Gasteiger partial charge in [-0.2, -0.15) is 0 Å². The SMILES string of the molecule is CCC(C)C(N)C(=O)NC(CCC(N)=O)C(=O)NC(CCC(N)=O)C(=O)N1CCCC1C(=O)O. The molecule has 1 heterocycles. The first-order valence-corrected chi connectivity index (χ1v) is 11.3. The van der Waals surface area contributed by atoms with Crippen molar-refractivity contribution in [1.29, 1.82) is 0 Å². The van der Waals surface area contributed by atoms with E-state index in [1.165, 1.54) is 0 Å². The summed E-state index contributed by atoms with van der Waals surface area (Å²) in [6.45, 7) is 3.81. The number of likely N-dealkylation sites (tertiary alicyclic amines) is 1. The van der Waals surface area contributed by atoms with Gasteiger partial charge in [-0.05, 0) is 31.6 Å². The van der Waals surface area contributed by atoms with Crippen LogP contribution in [0.3, 0.4) is 0 Å². The molecule has 192 valence electrons. The number of aliphatic carboxylic acids is 1. The Kier molecular flexibility index (Phi) is 11.4. The molecule has 5 unspecified atom stereocenters. The van der Waals surface area contributed by atoms with Crippen molar-refractivity contribution in [3.63, 3.8) is 0 Å². The van der Waals surface area contributed by atoms with Crippen LogP contribution in [0.4, 0.5) is 0 Å². The fourth-order valence-electron chi connectivity index (χ4n) is 3.64. The lowest BCUT2D eigenvalue weighted by Crippen LogP contribution is -2.57. The molecule has 1 aliphatic heterocycles. The van der Waals surface area contributed by atoms with Crippen molar-refractivity contribution < 1.29 is 33.9 Å². The molecule has 34 heavy (non-hydrogen) atoms. The number of hydrogen-bond acceptors (Lipinski definition) is 7. The van der Waals surface area contributed by atoms with Gasteiger partial charge in [0.2, 0.25) is 29.5 Å². The Morgan fingerprint density at radius 2 is 1.50 bits per heavy atom. The minimum absolute atomic E-state index is 0.141. The molecule has 1 aliphatic rings. The molecule has 13 nitrogen and oxygen atoms in total. The van der Waals surface area contributed by atoms with Gasteiger partial charge in [-0.25, -0.2) is 4.79 Å². The van der Waals surface area contributed by atoms with Gasteiger partial charge in [0.15, 0.2) is 0 Å². The number of nitrogens with zero attached hydrogens (tertiary/aromatic N) is 1. The minimum Gasteiger partial charge on any atom is -0.480 e. The van der Waals surface area contributed by atoms with Gasteiger partial charge >= 0.3 is 5.97 Å². The van der Waals surface area contributed by atoms with Crippen molar-refractivity contribution in [3.05, 3.63) is 0 Å². The van der Waals surface area contributed by atoms with E-state index in [2.05, 4.69) is 10.6 Å². The second-order valence-electron chi connectivity index (χ2n) is 8.57.